The molecule has 1 aromatic heterocycles. The molecule has 8 heteroatoms. The fraction of sp³-hybridized carbons (Fsp3) is 0.677. The lowest BCUT2D eigenvalue weighted by molar-refractivity contribution is 0.00748. The van der Waals surface area contributed by atoms with E-state index in [-0.39, 0.29) is 5.82 Å². The summed E-state index contributed by atoms with van der Waals surface area (Å²) in [7, 11) is 0. The van der Waals surface area contributed by atoms with Crippen molar-refractivity contribution in [2.24, 2.45) is 23.7 Å². The molecule has 39 heavy (non-hydrogen) atoms. The lowest BCUT2D eigenvalue weighted by Crippen LogP contribution is -2.42. The van der Waals surface area contributed by atoms with Crippen molar-refractivity contribution in [2.45, 2.75) is 96.7 Å². The smallest absolute Gasteiger partial charge is 0.225 e. The summed E-state index contributed by atoms with van der Waals surface area (Å²) in [5, 5.41) is 21.3. The molecule has 2 fully saturated rings. The summed E-state index contributed by atoms with van der Waals surface area (Å²) in [6.45, 7) is 8.78. The number of nitrogens with one attached hydrogen (secondary N) is 3. The molecule has 4 N–H and O–H groups in total. The lowest BCUT2D eigenvalue weighted by atomic mass is 9.71. The van der Waals surface area contributed by atoms with Gasteiger partial charge in [-0.2, -0.15) is 4.98 Å². The Labute approximate surface area is 238 Å². The van der Waals surface area contributed by atoms with E-state index in [4.69, 9.17) is 11.6 Å². The van der Waals surface area contributed by atoms with Crippen LogP contribution in [0.4, 0.5) is 16.2 Å². The van der Waals surface area contributed by atoms with Crippen LogP contribution in [-0.4, -0.2) is 39.8 Å². The maximum absolute atomic E-state index is 14.6. The average molecular weight is 560 g/mol. The number of hydrogen-bond donors (Lipinski definition) is 4. The van der Waals surface area contributed by atoms with Crippen LogP contribution in [0.3, 0.4) is 0 Å². The van der Waals surface area contributed by atoms with Gasteiger partial charge in [0.15, 0.2) is 11.6 Å². The molecule has 0 radical (unpaired) electrons. The number of hydrogen-bond acceptors (Lipinski definition) is 6. The van der Waals surface area contributed by atoms with Gasteiger partial charge in [-0.25, -0.2) is 9.37 Å². The van der Waals surface area contributed by atoms with Crippen LogP contribution in [0.15, 0.2) is 30.5 Å². The molecule has 1 aromatic carbocycles. The van der Waals surface area contributed by atoms with Gasteiger partial charge >= 0.3 is 0 Å². The normalized spacial score (nSPS) is 28.2. The number of anilines is 2. The molecule has 2 aliphatic rings. The Balaban J connectivity index is 1.30. The number of halogens is 2. The quantitative estimate of drug-likeness (QED) is 0.223. The van der Waals surface area contributed by atoms with Gasteiger partial charge in [-0.05, 0) is 101 Å². The molecule has 1 heterocycles. The van der Waals surface area contributed by atoms with Crippen molar-refractivity contribution < 1.29 is 9.50 Å². The topological polar surface area (TPSA) is 82.1 Å². The zero-order valence-electron chi connectivity index (χ0n) is 23.9. The Bertz CT molecular complexity index is 1040. The van der Waals surface area contributed by atoms with Crippen LogP contribution < -0.4 is 16.0 Å². The van der Waals surface area contributed by atoms with Crippen molar-refractivity contribution in [3.8, 4) is 0 Å². The molecule has 0 spiro atoms. The van der Waals surface area contributed by atoms with E-state index in [9.17, 15) is 9.50 Å². The van der Waals surface area contributed by atoms with Crippen molar-refractivity contribution in [3.63, 3.8) is 0 Å². The molecule has 2 aromatic rings. The number of nitrogens with zero attached hydrogens (tertiary/aromatic N) is 2. The third-order valence-electron chi connectivity index (χ3n) is 8.95. The first-order valence-electron chi connectivity index (χ1n) is 14.9. The van der Waals surface area contributed by atoms with Crippen LogP contribution in [0.5, 0.6) is 0 Å². The standard InChI is InChI=1S/C31H47ClFN5O/c1-4-7-23-14-24(16-26(15-23)21(2)34-17-22-10-12-31(3,39)13-11-22)18-35-29-28(33)20-37-30(38-29)36-19-25-8-5-6-9-27(25)32/h5-6,8-9,20-24,26,34,39H,4,7,10-19H2,1-3H3,(H2,35,36,37,38)/t21-,22-,23?,24+,26+,31+/m0/s1. The molecule has 4 atom stereocenters. The summed E-state index contributed by atoms with van der Waals surface area (Å²) in [6, 6.07) is 8.06. The van der Waals surface area contributed by atoms with Crippen LogP contribution in [0, 0.1) is 29.5 Å². The van der Waals surface area contributed by atoms with Gasteiger partial charge in [-0.3, -0.25) is 0 Å². The molecule has 2 saturated carbocycles. The van der Waals surface area contributed by atoms with Gasteiger partial charge in [-0.15, -0.1) is 0 Å². The predicted molar refractivity (Wildman–Crippen MR) is 159 cm³/mol. The van der Waals surface area contributed by atoms with Gasteiger partial charge in [0.2, 0.25) is 5.95 Å². The Morgan fingerprint density at radius 1 is 1.08 bits per heavy atom. The van der Waals surface area contributed by atoms with Crippen molar-refractivity contribution in [1.82, 2.24) is 15.3 Å². The highest BCUT2D eigenvalue weighted by molar-refractivity contribution is 6.31. The Hall–Kier alpha value is -1.96. The molecule has 216 valence electrons. The van der Waals surface area contributed by atoms with E-state index in [1.165, 1.54) is 31.9 Å². The lowest BCUT2D eigenvalue weighted by Gasteiger charge is -2.39. The monoisotopic (exact) mass is 559 g/mol. The summed E-state index contributed by atoms with van der Waals surface area (Å²) in [6.07, 6.45) is 11.2. The van der Waals surface area contributed by atoms with Gasteiger partial charge < -0.3 is 21.1 Å². The van der Waals surface area contributed by atoms with Crippen molar-refractivity contribution in [3.05, 3.63) is 46.9 Å². The third-order valence-corrected chi connectivity index (χ3v) is 9.32. The van der Waals surface area contributed by atoms with E-state index >= 15 is 0 Å². The molecule has 0 aliphatic heterocycles. The first kappa shape index (κ1) is 30.0. The fourth-order valence-corrected chi connectivity index (χ4v) is 6.69. The third kappa shape index (κ3) is 9.02. The highest BCUT2D eigenvalue weighted by Gasteiger charge is 2.33. The molecular weight excluding hydrogens is 513 g/mol. The molecule has 0 saturated heterocycles. The van der Waals surface area contributed by atoms with Crippen LogP contribution in [-0.2, 0) is 6.54 Å². The SMILES string of the molecule is CCCC1C[C@@H](CNc2nc(NCc3ccccc3Cl)ncc2F)C[C@H]([C@H](C)NC[C@H]2CC[C@@](C)(O)CC2)C1. The van der Waals surface area contributed by atoms with Gasteiger partial charge in [0.05, 0.1) is 11.8 Å². The summed E-state index contributed by atoms with van der Waals surface area (Å²) in [5.41, 5.74) is 0.462. The molecule has 1 unspecified atom stereocenters. The van der Waals surface area contributed by atoms with E-state index in [1.54, 1.807) is 0 Å². The molecule has 6 nitrogen and oxygen atoms in total. The Morgan fingerprint density at radius 2 is 1.82 bits per heavy atom. The van der Waals surface area contributed by atoms with E-state index in [0.29, 0.717) is 53.8 Å². The highest BCUT2D eigenvalue weighted by atomic mass is 35.5. The predicted octanol–water partition coefficient (Wildman–Crippen LogP) is 7.05. The first-order chi connectivity index (χ1) is 18.7. The summed E-state index contributed by atoms with van der Waals surface area (Å²) < 4.78 is 14.6. The summed E-state index contributed by atoms with van der Waals surface area (Å²) >= 11 is 6.25. The van der Waals surface area contributed by atoms with Gasteiger partial charge in [0.25, 0.3) is 0 Å². The molecule has 2 aliphatic carbocycles. The first-order valence-corrected chi connectivity index (χ1v) is 15.3. The Morgan fingerprint density at radius 3 is 2.56 bits per heavy atom. The largest absolute Gasteiger partial charge is 0.390 e. The second-order valence-electron chi connectivity index (χ2n) is 12.3. The van der Waals surface area contributed by atoms with Gasteiger partial charge in [0, 0.05) is 24.2 Å². The average Bonchev–Trinajstić information content (AvgIpc) is 2.92. The summed E-state index contributed by atoms with van der Waals surface area (Å²) in [4.78, 5) is 8.54. The van der Waals surface area contributed by atoms with Crippen molar-refractivity contribution in [1.29, 1.82) is 0 Å². The van der Waals surface area contributed by atoms with Crippen molar-refractivity contribution >= 4 is 23.4 Å². The number of aliphatic hydroxyl groups is 1. The maximum Gasteiger partial charge on any atom is 0.225 e. The molecule has 0 amide bonds. The molecular formula is C31H47ClFN5O. The van der Waals surface area contributed by atoms with E-state index < -0.39 is 11.4 Å². The zero-order chi connectivity index (χ0) is 27.8. The maximum atomic E-state index is 14.6. The zero-order valence-corrected chi connectivity index (χ0v) is 24.6. The minimum Gasteiger partial charge on any atom is -0.390 e. The Kier molecular flexibility index (Phi) is 10.8. The minimum absolute atomic E-state index is 0.250. The number of rotatable bonds is 12. The fourth-order valence-electron chi connectivity index (χ4n) is 6.49. The van der Waals surface area contributed by atoms with E-state index in [1.807, 2.05) is 31.2 Å². The molecule has 4 rings (SSSR count). The van der Waals surface area contributed by atoms with Gasteiger partial charge in [-0.1, -0.05) is 49.6 Å². The van der Waals surface area contributed by atoms with Crippen LogP contribution >= 0.6 is 11.6 Å². The second-order valence-corrected chi connectivity index (χ2v) is 12.7. The highest BCUT2D eigenvalue weighted by Crippen LogP contribution is 2.38. The minimum atomic E-state index is -0.478. The summed E-state index contributed by atoms with van der Waals surface area (Å²) in [5.74, 6) is 2.64. The van der Waals surface area contributed by atoms with E-state index in [2.05, 4.69) is 39.8 Å². The second kappa shape index (κ2) is 14.1. The number of benzene rings is 1. The van der Waals surface area contributed by atoms with E-state index in [0.717, 1.165) is 44.2 Å². The number of aromatic nitrogens is 2. The van der Waals surface area contributed by atoms with Crippen LogP contribution in [0.1, 0.15) is 84.1 Å². The van der Waals surface area contributed by atoms with Gasteiger partial charge in [0.1, 0.15) is 0 Å². The van der Waals surface area contributed by atoms with Crippen molar-refractivity contribution in [2.75, 3.05) is 23.7 Å². The molecule has 0 bridgehead atoms. The van der Waals surface area contributed by atoms with Crippen LogP contribution in [0.2, 0.25) is 5.02 Å². The van der Waals surface area contributed by atoms with Crippen LogP contribution in [0.25, 0.3) is 0 Å².